The summed E-state index contributed by atoms with van der Waals surface area (Å²) >= 11 is 0. The molecule has 4 rings (SSSR count). The molecule has 1 aromatic carbocycles. The van der Waals surface area contributed by atoms with Crippen LogP contribution in [0.25, 0.3) is 0 Å². The summed E-state index contributed by atoms with van der Waals surface area (Å²) in [6.45, 7) is 0. The minimum atomic E-state index is -0.582. The van der Waals surface area contributed by atoms with E-state index in [9.17, 15) is 5.11 Å². The predicted octanol–water partition coefficient (Wildman–Crippen LogP) is 2.08. The molecule has 0 radical (unpaired) electrons. The summed E-state index contributed by atoms with van der Waals surface area (Å²) in [5.41, 5.74) is 1.76. The molecular formula is C15H11NO2. The van der Waals surface area contributed by atoms with Gasteiger partial charge in [-0.1, -0.05) is 24.3 Å². The van der Waals surface area contributed by atoms with Crippen LogP contribution >= 0.6 is 0 Å². The molecule has 0 aromatic heterocycles. The lowest BCUT2D eigenvalue weighted by molar-refractivity contribution is 0.257. The second-order valence-corrected chi connectivity index (χ2v) is 4.67. The number of aliphatic hydroxyl groups is 1. The van der Waals surface area contributed by atoms with Gasteiger partial charge in [-0.15, -0.1) is 0 Å². The van der Waals surface area contributed by atoms with Crippen LogP contribution in [0.2, 0.25) is 0 Å². The van der Waals surface area contributed by atoms with E-state index in [4.69, 9.17) is 4.74 Å². The molecule has 1 spiro atoms. The predicted molar refractivity (Wildman–Crippen MR) is 68.7 cm³/mol. The highest BCUT2D eigenvalue weighted by Crippen LogP contribution is 2.51. The van der Waals surface area contributed by atoms with E-state index in [0.29, 0.717) is 0 Å². The molecule has 2 heterocycles. The maximum atomic E-state index is 9.70. The maximum absolute atomic E-state index is 9.70. The minimum Gasteiger partial charge on any atom is -0.460 e. The van der Waals surface area contributed by atoms with Crippen molar-refractivity contribution in [3.8, 4) is 5.75 Å². The lowest BCUT2D eigenvalue weighted by Crippen LogP contribution is -2.26. The Morgan fingerprint density at radius 1 is 1.28 bits per heavy atom. The molecule has 0 saturated carbocycles. The summed E-state index contributed by atoms with van der Waals surface area (Å²) < 4.78 is 5.89. The number of hydrogen-bond acceptors (Lipinski definition) is 3. The average molecular weight is 237 g/mol. The maximum Gasteiger partial charge on any atom is 0.132 e. The number of benzene rings is 1. The van der Waals surface area contributed by atoms with Crippen molar-refractivity contribution in [3.05, 3.63) is 65.6 Å². The summed E-state index contributed by atoms with van der Waals surface area (Å²) in [5.74, 6) is 1.61. The van der Waals surface area contributed by atoms with E-state index in [1.165, 1.54) is 0 Å². The molecule has 2 atom stereocenters. The number of rotatable bonds is 0. The van der Waals surface area contributed by atoms with Gasteiger partial charge in [0.05, 0.1) is 11.5 Å². The van der Waals surface area contributed by atoms with Crippen LogP contribution in [0.4, 0.5) is 0 Å². The van der Waals surface area contributed by atoms with Crippen LogP contribution in [-0.4, -0.2) is 17.4 Å². The summed E-state index contributed by atoms with van der Waals surface area (Å²) in [7, 11) is 0. The van der Waals surface area contributed by atoms with Crippen molar-refractivity contribution in [1.29, 1.82) is 0 Å². The Labute approximate surface area is 104 Å². The van der Waals surface area contributed by atoms with E-state index >= 15 is 0 Å². The van der Waals surface area contributed by atoms with Crippen LogP contribution in [-0.2, 0) is 5.41 Å². The summed E-state index contributed by atoms with van der Waals surface area (Å²) in [4.78, 5) is 4.26. The SMILES string of the molecule is OC1C=CC23C=CN=Cc4cccc(c42)OC3=C1. The molecule has 1 N–H and O–H groups in total. The van der Waals surface area contributed by atoms with Crippen molar-refractivity contribution in [2.45, 2.75) is 11.5 Å². The standard InChI is InChI=1S/C15H11NO2/c17-11-4-5-15-6-7-16-9-10-2-1-3-12(14(10)15)18-13(15)8-11/h1-9,11,17H. The average Bonchev–Trinajstić information content (AvgIpc) is 2.57. The third-order valence-electron chi connectivity index (χ3n) is 3.62. The first-order valence-electron chi connectivity index (χ1n) is 5.91. The molecule has 0 amide bonds. The van der Waals surface area contributed by atoms with E-state index in [-0.39, 0.29) is 0 Å². The second-order valence-electron chi connectivity index (χ2n) is 4.67. The number of allylic oxidation sites excluding steroid dienone is 1. The van der Waals surface area contributed by atoms with E-state index in [1.807, 2.05) is 36.6 Å². The molecule has 2 unspecified atom stereocenters. The van der Waals surface area contributed by atoms with Gasteiger partial charge in [0.1, 0.15) is 11.5 Å². The minimum absolute atomic E-state index is 0.401. The highest BCUT2D eigenvalue weighted by Gasteiger charge is 2.45. The van der Waals surface area contributed by atoms with Gasteiger partial charge in [-0.3, -0.25) is 4.99 Å². The number of nitrogens with zero attached hydrogens (tertiary/aromatic N) is 1. The Morgan fingerprint density at radius 2 is 2.22 bits per heavy atom. The van der Waals surface area contributed by atoms with Crippen molar-refractivity contribution >= 4 is 6.21 Å². The van der Waals surface area contributed by atoms with Crippen LogP contribution in [0.5, 0.6) is 5.75 Å². The lowest BCUT2D eigenvalue weighted by atomic mass is 9.75. The highest BCUT2D eigenvalue weighted by molar-refractivity contribution is 5.87. The monoisotopic (exact) mass is 237 g/mol. The molecule has 2 aliphatic heterocycles. The zero-order valence-electron chi connectivity index (χ0n) is 9.58. The molecule has 0 bridgehead atoms. The summed E-state index contributed by atoms with van der Waals surface area (Å²) in [5, 5.41) is 9.70. The molecular weight excluding hydrogens is 226 g/mol. The van der Waals surface area contributed by atoms with E-state index in [1.54, 1.807) is 18.4 Å². The first-order chi connectivity index (χ1) is 8.79. The van der Waals surface area contributed by atoms with E-state index in [2.05, 4.69) is 4.99 Å². The van der Waals surface area contributed by atoms with Crippen LogP contribution in [0.1, 0.15) is 11.1 Å². The Morgan fingerprint density at radius 3 is 3.17 bits per heavy atom. The molecule has 0 saturated heterocycles. The molecule has 3 nitrogen and oxygen atoms in total. The van der Waals surface area contributed by atoms with Crippen molar-refractivity contribution in [2.75, 3.05) is 0 Å². The number of ether oxygens (including phenoxy) is 1. The largest absolute Gasteiger partial charge is 0.460 e. The van der Waals surface area contributed by atoms with Crippen LogP contribution < -0.4 is 4.74 Å². The summed E-state index contributed by atoms with van der Waals surface area (Å²) in [6, 6.07) is 5.94. The fourth-order valence-electron chi connectivity index (χ4n) is 2.81. The first kappa shape index (κ1) is 9.85. The Kier molecular flexibility index (Phi) is 1.76. The molecule has 1 aromatic rings. The van der Waals surface area contributed by atoms with Gasteiger partial charge in [0.2, 0.25) is 0 Å². The van der Waals surface area contributed by atoms with Crippen LogP contribution in [0.3, 0.4) is 0 Å². The molecule has 3 heteroatoms. The van der Waals surface area contributed by atoms with Crippen molar-refractivity contribution in [3.63, 3.8) is 0 Å². The molecule has 18 heavy (non-hydrogen) atoms. The van der Waals surface area contributed by atoms with E-state index in [0.717, 1.165) is 22.6 Å². The normalized spacial score (nSPS) is 30.3. The number of hydrogen-bond donors (Lipinski definition) is 1. The van der Waals surface area contributed by atoms with Crippen molar-refractivity contribution in [1.82, 2.24) is 0 Å². The van der Waals surface area contributed by atoms with Crippen LogP contribution in [0.15, 0.2) is 59.5 Å². The van der Waals surface area contributed by atoms with Gasteiger partial charge in [-0.25, -0.2) is 0 Å². The lowest BCUT2D eigenvalue weighted by Gasteiger charge is -2.26. The third kappa shape index (κ3) is 1.09. The van der Waals surface area contributed by atoms with Gasteiger partial charge >= 0.3 is 0 Å². The Balaban J connectivity index is 2.08. The fraction of sp³-hybridized carbons (Fsp3) is 0.133. The van der Waals surface area contributed by atoms with Gasteiger partial charge < -0.3 is 9.84 Å². The van der Waals surface area contributed by atoms with Gasteiger partial charge in [0.15, 0.2) is 0 Å². The molecule has 1 aliphatic carbocycles. The van der Waals surface area contributed by atoms with Gasteiger partial charge in [0.25, 0.3) is 0 Å². The molecule has 0 fully saturated rings. The second kappa shape index (κ2) is 3.21. The zero-order chi connectivity index (χ0) is 12.2. The number of aliphatic hydroxyl groups excluding tert-OH is 1. The molecule has 88 valence electrons. The van der Waals surface area contributed by atoms with Crippen molar-refractivity contribution in [2.24, 2.45) is 4.99 Å². The van der Waals surface area contributed by atoms with E-state index < -0.39 is 11.5 Å². The fourth-order valence-corrected chi connectivity index (χ4v) is 2.81. The van der Waals surface area contributed by atoms with Crippen LogP contribution in [0, 0.1) is 0 Å². The Bertz CT molecular complexity index is 654. The first-order valence-corrected chi connectivity index (χ1v) is 5.91. The van der Waals surface area contributed by atoms with Gasteiger partial charge in [0, 0.05) is 23.5 Å². The van der Waals surface area contributed by atoms with Gasteiger partial charge in [-0.05, 0) is 18.2 Å². The zero-order valence-corrected chi connectivity index (χ0v) is 9.58. The topological polar surface area (TPSA) is 41.8 Å². The number of aliphatic imine (C=N–C) groups is 1. The van der Waals surface area contributed by atoms with Crippen molar-refractivity contribution < 1.29 is 9.84 Å². The third-order valence-corrected chi connectivity index (χ3v) is 3.62. The summed E-state index contributed by atoms with van der Waals surface area (Å²) in [6.07, 6.45) is 10.6. The smallest absolute Gasteiger partial charge is 0.132 e. The quantitative estimate of drug-likeness (QED) is 0.702. The highest BCUT2D eigenvalue weighted by atomic mass is 16.5. The Hall–Kier alpha value is -2.13. The molecule has 3 aliphatic rings. The van der Waals surface area contributed by atoms with Gasteiger partial charge in [-0.2, -0.15) is 0 Å².